The van der Waals surface area contributed by atoms with Crippen molar-refractivity contribution in [3.8, 4) is 0 Å². The van der Waals surface area contributed by atoms with Crippen LogP contribution in [0, 0.1) is 5.82 Å². The number of halogens is 1. The summed E-state index contributed by atoms with van der Waals surface area (Å²) in [6, 6.07) is 5.63. The average molecular weight is 248 g/mol. The smallest absolute Gasteiger partial charge is 0.251 e. The molecule has 86 valence electrons. The molecular formula is C12H9FN2OS. The van der Waals surface area contributed by atoms with Crippen molar-refractivity contribution in [1.82, 2.24) is 0 Å². The summed E-state index contributed by atoms with van der Waals surface area (Å²) in [6.07, 6.45) is 0. The van der Waals surface area contributed by atoms with Crippen LogP contribution in [0.3, 0.4) is 0 Å². The quantitative estimate of drug-likeness (QED) is 0.814. The first kappa shape index (κ1) is 10.3. The van der Waals surface area contributed by atoms with Crippen LogP contribution in [0.5, 0.6) is 0 Å². The zero-order valence-electron chi connectivity index (χ0n) is 8.74. The van der Waals surface area contributed by atoms with Crippen LogP contribution in [-0.2, 0) is 4.79 Å². The highest BCUT2D eigenvalue weighted by Crippen LogP contribution is 2.35. The molecule has 0 fully saturated rings. The average Bonchev–Trinajstić information content (AvgIpc) is 2.76. The minimum Gasteiger partial charge on any atom is -0.368 e. The van der Waals surface area contributed by atoms with Crippen LogP contribution >= 0.6 is 11.3 Å². The van der Waals surface area contributed by atoms with Crippen LogP contribution in [0.1, 0.15) is 11.6 Å². The lowest BCUT2D eigenvalue weighted by molar-refractivity contribution is -0.117. The van der Waals surface area contributed by atoms with Gasteiger partial charge in [-0.25, -0.2) is 4.39 Å². The Morgan fingerprint density at radius 1 is 1.18 bits per heavy atom. The van der Waals surface area contributed by atoms with E-state index in [1.807, 2.05) is 10.8 Å². The molecule has 0 saturated carbocycles. The molecule has 0 saturated heterocycles. The van der Waals surface area contributed by atoms with E-state index >= 15 is 0 Å². The molecule has 5 heteroatoms. The van der Waals surface area contributed by atoms with E-state index < -0.39 is 6.04 Å². The Morgan fingerprint density at radius 3 is 2.76 bits per heavy atom. The Hall–Kier alpha value is -1.88. The summed E-state index contributed by atoms with van der Waals surface area (Å²) in [5.41, 5.74) is 1.96. The maximum absolute atomic E-state index is 13.6. The van der Waals surface area contributed by atoms with Gasteiger partial charge in [0.05, 0.1) is 11.4 Å². The normalized spacial score (nSPS) is 18.2. The molecule has 1 atom stereocenters. The molecular weight excluding hydrogens is 239 g/mol. The number of carbonyl (C=O) groups excluding carboxylic acids is 1. The van der Waals surface area contributed by atoms with E-state index in [1.165, 1.54) is 17.4 Å². The lowest BCUT2D eigenvalue weighted by atomic mass is 10.0. The molecule has 1 amide bonds. The number of hydrogen-bond acceptors (Lipinski definition) is 3. The zero-order chi connectivity index (χ0) is 11.8. The Balaban J connectivity index is 2.01. The van der Waals surface area contributed by atoms with Crippen molar-refractivity contribution in [2.45, 2.75) is 6.04 Å². The molecule has 0 spiro atoms. The van der Waals surface area contributed by atoms with Crippen LogP contribution in [0.15, 0.2) is 35.0 Å². The SMILES string of the molecule is O=C1Nc2cscc2NC1c1ccccc1F. The van der Waals surface area contributed by atoms with E-state index in [0.29, 0.717) is 5.56 Å². The minimum atomic E-state index is -0.668. The maximum atomic E-state index is 13.6. The zero-order valence-corrected chi connectivity index (χ0v) is 9.55. The van der Waals surface area contributed by atoms with Crippen molar-refractivity contribution < 1.29 is 9.18 Å². The number of rotatable bonds is 1. The van der Waals surface area contributed by atoms with Gasteiger partial charge in [-0.2, -0.15) is 0 Å². The van der Waals surface area contributed by atoms with E-state index in [1.54, 1.807) is 18.2 Å². The minimum absolute atomic E-state index is 0.235. The molecule has 1 aliphatic heterocycles. The molecule has 3 rings (SSSR count). The number of anilines is 2. The van der Waals surface area contributed by atoms with Crippen LogP contribution in [0.4, 0.5) is 15.8 Å². The second kappa shape index (κ2) is 3.85. The summed E-state index contributed by atoms with van der Waals surface area (Å²) in [4.78, 5) is 11.9. The number of nitrogens with one attached hydrogen (secondary N) is 2. The van der Waals surface area contributed by atoms with Gasteiger partial charge in [0.15, 0.2) is 0 Å². The third-order valence-corrected chi connectivity index (χ3v) is 3.44. The third kappa shape index (κ3) is 1.68. The predicted molar refractivity (Wildman–Crippen MR) is 65.7 cm³/mol. The van der Waals surface area contributed by atoms with Gasteiger partial charge >= 0.3 is 0 Å². The van der Waals surface area contributed by atoms with E-state index in [9.17, 15) is 9.18 Å². The highest BCUT2D eigenvalue weighted by Gasteiger charge is 2.28. The van der Waals surface area contributed by atoms with Gasteiger partial charge in [-0.3, -0.25) is 4.79 Å². The monoisotopic (exact) mass is 248 g/mol. The van der Waals surface area contributed by atoms with E-state index in [-0.39, 0.29) is 11.7 Å². The topological polar surface area (TPSA) is 41.1 Å². The Bertz CT molecular complexity index is 581. The lowest BCUT2D eigenvalue weighted by Crippen LogP contribution is -2.31. The van der Waals surface area contributed by atoms with Gasteiger partial charge in [0, 0.05) is 16.3 Å². The van der Waals surface area contributed by atoms with Gasteiger partial charge < -0.3 is 10.6 Å². The molecule has 2 heterocycles. The number of hydrogen-bond donors (Lipinski definition) is 2. The second-order valence-corrected chi connectivity index (χ2v) is 4.53. The fraction of sp³-hybridized carbons (Fsp3) is 0.0833. The van der Waals surface area contributed by atoms with Gasteiger partial charge in [0.1, 0.15) is 11.9 Å². The van der Waals surface area contributed by atoms with Crippen molar-refractivity contribution in [3.05, 3.63) is 46.4 Å². The first-order valence-electron chi connectivity index (χ1n) is 5.14. The van der Waals surface area contributed by atoms with Crippen LogP contribution in [0.2, 0.25) is 0 Å². The first-order chi connectivity index (χ1) is 8.25. The fourth-order valence-corrected chi connectivity index (χ4v) is 2.58. The standard InChI is InChI=1S/C12H9FN2OS/c13-8-4-2-1-3-7(8)11-12(16)15-10-6-17-5-9(10)14-11/h1-6,11,14H,(H,15,16). The Labute approximate surface area is 101 Å². The summed E-state index contributed by atoms with van der Waals surface area (Å²) in [5, 5.41) is 9.54. The van der Waals surface area contributed by atoms with Gasteiger partial charge in [-0.15, -0.1) is 11.3 Å². The molecule has 2 aromatic rings. The van der Waals surface area contributed by atoms with E-state index in [0.717, 1.165) is 11.4 Å². The van der Waals surface area contributed by atoms with Gasteiger partial charge in [-0.05, 0) is 6.07 Å². The van der Waals surface area contributed by atoms with Crippen molar-refractivity contribution in [2.24, 2.45) is 0 Å². The van der Waals surface area contributed by atoms with Crippen LogP contribution < -0.4 is 10.6 Å². The van der Waals surface area contributed by atoms with Crippen molar-refractivity contribution in [1.29, 1.82) is 0 Å². The molecule has 1 aromatic carbocycles. The molecule has 1 unspecified atom stereocenters. The molecule has 1 aromatic heterocycles. The van der Waals surface area contributed by atoms with E-state index in [2.05, 4.69) is 10.6 Å². The maximum Gasteiger partial charge on any atom is 0.251 e. The number of carbonyl (C=O) groups is 1. The largest absolute Gasteiger partial charge is 0.368 e. The molecule has 1 aliphatic rings. The fourth-order valence-electron chi connectivity index (χ4n) is 1.86. The van der Waals surface area contributed by atoms with Gasteiger partial charge in [0.25, 0.3) is 5.91 Å². The van der Waals surface area contributed by atoms with E-state index in [4.69, 9.17) is 0 Å². The lowest BCUT2D eigenvalue weighted by Gasteiger charge is -2.25. The molecule has 0 radical (unpaired) electrons. The van der Waals surface area contributed by atoms with Gasteiger partial charge in [-0.1, -0.05) is 18.2 Å². The molecule has 0 bridgehead atoms. The summed E-state index contributed by atoms with van der Waals surface area (Å²) in [7, 11) is 0. The highest BCUT2D eigenvalue weighted by atomic mass is 32.1. The molecule has 0 aliphatic carbocycles. The third-order valence-electron chi connectivity index (χ3n) is 2.70. The Morgan fingerprint density at radius 2 is 1.94 bits per heavy atom. The van der Waals surface area contributed by atoms with Crippen molar-refractivity contribution in [2.75, 3.05) is 10.6 Å². The number of fused-ring (bicyclic) bond motifs is 1. The van der Waals surface area contributed by atoms with Crippen LogP contribution in [-0.4, -0.2) is 5.91 Å². The molecule has 17 heavy (non-hydrogen) atoms. The summed E-state index contributed by atoms with van der Waals surface area (Å²) in [5.74, 6) is -0.611. The Kier molecular flexibility index (Phi) is 2.33. The summed E-state index contributed by atoms with van der Waals surface area (Å²) >= 11 is 1.49. The predicted octanol–water partition coefficient (Wildman–Crippen LogP) is 2.99. The van der Waals surface area contributed by atoms with Crippen molar-refractivity contribution >= 4 is 28.6 Å². The summed E-state index contributed by atoms with van der Waals surface area (Å²) in [6.45, 7) is 0. The number of amides is 1. The number of benzene rings is 1. The van der Waals surface area contributed by atoms with Crippen molar-refractivity contribution in [3.63, 3.8) is 0 Å². The van der Waals surface area contributed by atoms with Gasteiger partial charge in [0.2, 0.25) is 0 Å². The molecule has 3 nitrogen and oxygen atoms in total. The van der Waals surface area contributed by atoms with Crippen LogP contribution in [0.25, 0.3) is 0 Å². The summed E-state index contributed by atoms with van der Waals surface area (Å²) < 4.78 is 13.6. The number of thiophene rings is 1. The second-order valence-electron chi connectivity index (χ2n) is 3.79. The first-order valence-corrected chi connectivity index (χ1v) is 6.08. The highest BCUT2D eigenvalue weighted by molar-refractivity contribution is 7.09. The molecule has 2 N–H and O–H groups in total.